The van der Waals surface area contributed by atoms with Gasteiger partial charge < -0.3 is 10.1 Å². The number of amides is 1. The van der Waals surface area contributed by atoms with Crippen molar-refractivity contribution in [3.05, 3.63) is 109 Å². The second-order valence-corrected chi connectivity index (χ2v) is 7.06. The molecule has 154 valence electrons. The average molecular weight is 418 g/mol. The fraction of sp³-hybridized carbons (Fsp3) is 0. The number of rotatable bonds is 5. The molecule has 0 atom stereocenters. The van der Waals surface area contributed by atoms with Crippen LogP contribution in [0.1, 0.15) is 10.4 Å². The van der Waals surface area contributed by atoms with Crippen molar-refractivity contribution in [1.82, 2.24) is 15.0 Å². The van der Waals surface area contributed by atoms with Gasteiger partial charge in [-0.15, -0.1) is 0 Å². The van der Waals surface area contributed by atoms with Crippen LogP contribution < -0.4 is 10.1 Å². The van der Waals surface area contributed by atoms with Crippen LogP contribution in [0.2, 0.25) is 0 Å². The molecule has 1 N–H and O–H groups in total. The summed E-state index contributed by atoms with van der Waals surface area (Å²) >= 11 is 0. The van der Waals surface area contributed by atoms with Crippen molar-refractivity contribution in [3.63, 3.8) is 0 Å². The van der Waals surface area contributed by atoms with Crippen molar-refractivity contribution in [3.8, 4) is 22.9 Å². The van der Waals surface area contributed by atoms with E-state index in [0.29, 0.717) is 22.9 Å². The maximum atomic E-state index is 13.0. The van der Waals surface area contributed by atoms with Crippen molar-refractivity contribution < 1.29 is 9.53 Å². The first kappa shape index (κ1) is 19.4. The lowest BCUT2D eigenvalue weighted by molar-refractivity contribution is 0.102. The second kappa shape index (κ2) is 8.65. The van der Waals surface area contributed by atoms with Crippen molar-refractivity contribution in [2.75, 3.05) is 5.32 Å². The zero-order valence-electron chi connectivity index (χ0n) is 17.0. The summed E-state index contributed by atoms with van der Waals surface area (Å²) in [5.74, 6) is 0.686. The fourth-order valence-electron chi connectivity index (χ4n) is 3.46. The molecule has 0 fully saturated rings. The van der Waals surface area contributed by atoms with Gasteiger partial charge in [0.25, 0.3) is 5.91 Å². The van der Waals surface area contributed by atoms with Crippen LogP contribution in [0.15, 0.2) is 104 Å². The molecule has 0 saturated heterocycles. The quantitative estimate of drug-likeness (QED) is 0.394. The number of anilines is 1. The van der Waals surface area contributed by atoms with Crippen molar-refractivity contribution in [2.45, 2.75) is 0 Å². The minimum absolute atomic E-state index is 0.219. The maximum Gasteiger partial charge on any atom is 0.255 e. The number of pyridine rings is 1. The van der Waals surface area contributed by atoms with Gasteiger partial charge in [-0.3, -0.25) is 4.79 Å². The highest BCUT2D eigenvalue weighted by Gasteiger charge is 2.12. The molecule has 5 aromatic rings. The van der Waals surface area contributed by atoms with Crippen molar-refractivity contribution >= 4 is 22.4 Å². The molecule has 0 unspecified atom stereocenters. The number of hydrogen-bond acceptors (Lipinski definition) is 5. The highest BCUT2D eigenvalue weighted by Crippen LogP contribution is 2.30. The molecule has 0 radical (unpaired) electrons. The molecule has 0 bridgehead atoms. The SMILES string of the molecule is O=C(Nc1cccc2ccccc12)c1cccc(Oc2ncccc2-c2ccncn2)c1. The Morgan fingerprint density at radius 2 is 1.69 bits per heavy atom. The third-order valence-electron chi connectivity index (χ3n) is 4.98. The molecule has 0 aliphatic rings. The molecule has 1 amide bonds. The van der Waals surface area contributed by atoms with E-state index in [0.717, 1.165) is 22.0 Å². The molecule has 0 spiro atoms. The Balaban J connectivity index is 1.41. The Morgan fingerprint density at radius 3 is 2.59 bits per heavy atom. The summed E-state index contributed by atoms with van der Waals surface area (Å²) in [6, 6.07) is 26.2. The smallest absolute Gasteiger partial charge is 0.255 e. The summed E-state index contributed by atoms with van der Waals surface area (Å²) in [6.45, 7) is 0. The molecule has 0 saturated carbocycles. The van der Waals surface area contributed by atoms with Gasteiger partial charge in [-0.25, -0.2) is 15.0 Å². The average Bonchev–Trinajstić information content (AvgIpc) is 2.85. The van der Waals surface area contributed by atoms with Gasteiger partial charge in [0.05, 0.1) is 11.3 Å². The second-order valence-electron chi connectivity index (χ2n) is 7.06. The van der Waals surface area contributed by atoms with Gasteiger partial charge in [-0.2, -0.15) is 0 Å². The predicted octanol–water partition coefficient (Wildman–Crippen LogP) is 5.74. The lowest BCUT2D eigenvalue weighted by Gasteiger charge is -2.11. The standard InChI is InChI=1S/C26H18N4O2/c31-25(30-24-12-4-7-18-6-1-2-10-21(18)24)19-8-3-9-20(16-19)32-26-22(11-5-14-28-26)23-13-15-27-17-29-23/h1-17H,(H,30,31). The van der Waals surface area contributed by atoms with Gasteiger partial charge in [0.1, 0.15) is 12.1 Å². The Hall–Kier alpha value is -4.58. The van der Waals surface area contributed by atoms with Gasteiger partial charge in [0, 0.05) is 29.0 Å². The highest BCUT2D eigenvalue weighted by atomic mass is 16.5. The number of carbonyl (C=O) groups excluding carboxylic acids is 1. The van der Waals surface area contributed by atoms with E-state index in [1.807, 2.05) is 54.6 Å². The molecule has 6 heteroatoms. The Kier molecular flexibility index (Phi) is 5.24. The lowest BCUT2D eigenvalue weighted by Crippen LogP contribution is -2.12. The zero-order valence-corrected chi connectivity index (χ0v) is 17.0. The summed E-state index contributed by atoms with van der Waals surface area (Å²) in [5, 5.41) is 5.05. The van der Waals surface area contributed by atoms with Crippen molar-refractivity contribution in [1.29, 1.82) is 0 Å². The van der Waals surface area contributed by atoms with E-state index < -0.39 is 0 Å². The summed E-state index contributed by atoms with van der Waals surface area (Å²) in [5.41, 5.74) is 2.68. The van der Waals surface area contributed by atoms with E-state index in [-0.39, 0.29) is 5.91 Å². The van der Waals surface area contributed by atoms with Crippen molar-refractivity contribution in [2.24, 2.45) is 0 Å². The monoisotopic (exact) mass is 418 g/mol. The minimum Gasteiger partial charge on any atom is -0.438 e. The Bertz CT molecular complexity index is 1400. The van der Waals surface area contributed by atoms with E-state index in [9.17, 15) is 4.79 Å². The van der Waals surface area contributed by atoms with Gasteiger partial charge in [0.15, 0.2) is 0 Å². The fourth-order valence-corrected chi connectivity index (χ4v) is 3.46. The van der Waals surface area contributed by atoms with Crippen LogP contribution in [0.25, 0.3) is 22.0 Å². The summed E-state index contributed by atoms with van der Waals surface area (Å²) in [6.07, 6.45) is 4.79. The number of nitrogens with one attached hydrogen (secondary N) is 1. The third-order valence-corrected chi connectivity index (χ3v) is 4.98. The van der Waals surface area contributed by atoms with E-state index in [1.54, 1.807) is 42.7 Å². The van der Waals surface area contributed by atoms with Crippen LogP contribution in [0.5, 0.6) is 11.6 Å². The van der Waals surface area contributed by atoms with E-state index >= 15 is 0 Å². The van der Waals surface area contributed by atoms with E-state index in [1.165, 1.54) is 6.33 Å². The van der Waals surface area contributed by atoms with Crippen LogP contribution in [0, 0.1) is 0 Å². The first-order valence-corrected chi connectivity index (χ1v) is 10.1. The lowest BCUT2D eigenvalue weighted by atomic mass is 10.1. The molecule has 3 aromatic carbocycles. The van der Waals surface area contributed by atoms with E-state index in [4.69, 9.17) is 4.74 Å². The molecular weight excluding hydrogens is 400 g/mol. The van der Waals surface area contributed by atoms with Crippen LogP contribution >= 0.6 is 0 Å². The third kappa shape index (κ3) is 4.02. The number of aromatic nitrogens is 3. The summed E-state index contributed by atoms with van der Waals surface area (Å²) in [4.78, 5) is 25.5. The largest absolute Gasteiger partial charge is 0.438 e. The predicted molar refractivity (Wildman–Crippen MR) is 124 cm³/mol. The molecular formula is C26H18N4O2. The number of hydrogen-bond donors (Lipinski definition) is 1. The molecule has 2 heterocycles. The summed E-state index contributed by atoms with van der Waals surface area (Å²) in [7, 11) is 0. The van der Waals surface area contributed by atoms with Crippen LogP contribution in [-0.4, -0.2) is 20.9 Å². The Labute approximate surface area is 184 Å². The number of benzene rings is 3. The van der Waals surface area contributed by atoms with Crippen LogP contribution in [-0.2, 0) is 0 Å². The van der Waals surface area contributed by atoms with Gasteiger partial charge in [-0.05, 0) is 47.9 Å². The summed E-state index contributed by atoms with van der Waals surface area (Å²) < 4.78 is 6.02. The molecule has 32 heavy (non-hydrogen) atoms. The van der Waals surface area contributed by atoms with Crippen LogP contribution in [0.4, 0.5) is 5.69 Å². The zero-order chi connectivity index (χ0) is 21.8. The molecule has 0 aliphatic heterocycles. The molecule has 0 aliphatic carbocycles. The Morgan fingerprint density at radius 1 is 0.812 bits per heavy atom. The molecule has 6 nitrogen and oxygen atoms in total. The van der Waals surface area contributed by atoms with E-state index in [2.05, 4.69) is 20.3 Å². The van der Waals surface area contributed by atoms with Gasteiger partial charge in [0.2, 0.25) is 5.88 Å². The number of fused-ring (bicyclic) bond motifs is 1. The number of ether oxygens (including phenoxy) is 1. The highest BCUT2D eigenvalue weighted by molar-refractivity contribution is 6.09. The topological polar surface area (TPSA) is 77.0 Å². The molecule has 5 rings (SSSR count). The van der Waals surface area contributed by atoms with Gasteiger partial charge in [-0.1, -0.05) is 42.5 Å². The van der Waals surface area contributed by atoms with Crippen LogP contribution in [0.3, 0.4) is 0 Å². The minimum atomic E-state index is -0.219. The maximum absolute atomic E-state index is 13.0. The number of nitrogens with zero attached hydrogens (tertiary/aromatic N) is 3. The first-order chi connectivity index (χ1) is 15.8. The number of carbonyl (C=O) groups is 1. The molecule has 2 aromatic heterocycles. The first-order valence-electron chi connectivity index (χ1n) is 10.1. The van der Waals surface area contributed by atoms with Gasteiger partial charge >= 0.3 is 0 Å². The normalized spacial score (nSPS) is 10.6.